The molecule has 13 heteroatoms. The maximum absolute atomic E-state index is 10.6. The van der Waals surface area contributed by atoms with Crippen molar-refractivity contribution < 1.29 is 37.1 Å². The van der Waals surface area contributed by atoms with Gasteiger partial charge in [0.1, 0.15) is 0 Å². The van der Waals surface area contributed by atoms with Gasteiger partial charge in [0.2, 0.25) is 11.7 Å². The van der Waals surface area contributed by atoms with Gasteiger partial charge < -0.3 is 24.4 Å². The van der Waals surface area contributed by atoms with Crippen LogP contribution in [0.4, 0.5) is 13.2 Å². The lowest BCUT2D eigenvalue weighted by Crippen LogP contribution is -2.53. The summed E-state index contributed by atoms with van der Waals surface area (Å²) >= 11 is 6.35. The third-order valence-corrected chi connectivity index (χ3v) is 4.47. The second-order valence-electron chi connectivity index (χ2n) is 6.15. The standard InChI is InChI=1S/C15H15ClN4O3.C2HF3O2/c1-21-10-4-3-9(12(16)13(10)22-2)14-19-11(23-20-14)5-15(6-17)7-18-8-15;3-2(4,5)1(6)7/h3-4,18H,5,7-8H2,1-2H3;(H,6,7). The second-order valence-corrected chi connectivity index (χ2v) is 6.53. The Balaban J connectivity index is 0.000000396. The number of methoxy groups -OCH3 is 2. The molecule has 30 heavy (non-hydrogen) atoms. The minimum atomic E-state index is -5.08. The van der Waals surface area contributed by atoms with Crippen LogP contribution in [-0.2, 0) is 11.2 Å². The van der Waals surface area contributed by atoms with E-state index in [1.807, 2.05) is 0 Å². The minimum Gasteiger partial charge on any atom is -0.493 e. The highest BCUT2D eigenvalue weighted by atomic mass is 35.5. The molecule has 1 aromatic carbocycles. The molecule has 1 aromatic heterocycles. The second kappa shape index (κ2) is 9.19. The number of carboxylic acid groups (broad SMARTS) is 1. The van der Waals surface area contributed by atoms with Crippen molar-refractivity contribution in [1.82, 2.24) is 15.5 Å². The summed E-state index contributed by atoms with van der Waals surface area (Å²) in [7, 11) is 3.05. The molecule has 2 N–H and O–H groups in total. The fraction of sp³-hybridized carbons (Fsp3) is 0.412. The van der Waals surface area contributed by atoms with Gasteiger partial charge in [-0.05, 0) is 12.1 Å². The van der Waals surface area contributed by atoms with Crippen molar-refractivity contribution in [1.29, 1.82) is 5.26 Å². The first-order valence-electron chi connectivity index (χ1n) is 8.22. The lowest BCUT2D eigenvalue weighted by atomic mass is 9.80. The first-order valence-corrected chi connectivity index (χ1v) is 8.60. The van der Waals surface area contributed by atoms with Gasteiger partial charge in [-0.2, -0.15) is 23.4 Å². The molecular weight excluding hydrogens is 433 g/mol. The Labute approximate surface area is 173 Å². The molecule has 1 aliphatic rings. The third kappa shape index (κ3) is 5.11. The van der Waals surface area contributed by atoms with Crippen molar-refractivity contribution in [2.45, 2.75) is 12.6 Å². The van der Waals surface area contributed by atoms with Crippen molar-refractivity contribution in [3.63, 3.8) is 0 Å². The van der Waals surface area contributed by atoms with Gasteiger partial charge in [0.25, 0.3) is 0 Å². The Morgan fingerprint density at radius 1 is 1.40 bits per heavy atom. The molecule has 0 unspecified atom stereocenters. The zero-order chi connectivity index (χ0) is 22.5. The van der Waals surface area contributed by atoms with Gasteiger partial charge in [0.15, 0.2) is 11.5 Å². The van der Waals surface area contributed by atoms with E-state index in [2.05, 4.69) is 21.5 Å². The molecular formula is C17H16ClF3N4O5. The predicted octanol–water partition coefficient (Wildman–Crippen LogP) is 2.70. The molecule has 9 nitrogen and oxygen atoms in total. The Morgan fingerprint density at radius 2 is 2.03 bits per heavy atom. The van der Waals surface area contributed by atoms with E-state index in [1.165, 1.54) is 14.2 Å². The van der Waals surface area contributed by atoms with Crippen LogP contribution in [0.2, 0.25) is 5.02 Å². The molecule has 162 valence electrons. The largest absolute Gasteiger partial charge is 0.493 e. The van der Waals surface area contributed by atoms with Gasteiger partial charge >= 0.3 is 12.1 Å². The molecule has 3 rings (SSSR count). The highest BCUT2D eigenvalue weighted by Gasteiger charge is 2.39. The molecule has 0 bridgehead atoms. The summed E-state index contributed by atoms with van der Waals surface area (Å²) < 4.78 is 47.5. The molecule has 0 aliphatic carbocycles. The van der Waals surface area contributed by atoms with Crippen molar-refractivity contribution in [3.05, 3.63) is 23.0 Å². The SMILES string of the molecule is COc1ccc(-c2noc(CC3(C#N)CNC3)n2)c(Cl)c1OC.O=C(O)C(F)(F)F. The summed E-state index contributed by atoms with van der Waals surface area (Å²) in [5.41, 5.74) is 0.114. The van der Waals surface area contributed by atoms with E-state index in [0.29, 0.717) is 53.3 Å². The molecule has 0 atom stereocenters. The van der Waals surface area contributed by atoms with Crippen LogP contribution in [0.5, 0.6) is 11.5 Å². The van der Waals surface area contributed by atoms with Crippen LogP contribution in [0.3, 0.4) is 0 Å². The van der Waals surface area contributed by atoms with Gasteiger partial charge in [-0.15, -0.1) is 0 Å². The van der Waals surface area contributed by atoms with E-state index in [0.717, 1.165) is 0 Å². The molecule has 0 radical (unpaired) electrons. The van der Waals surface area contributed by atoms with Crippen LogP contribution in [-0.4, -0.2) is 54.7 Å². The predicted molar refractivity (Wildman–Crippen MR) is 96.2 cm³/mol. The van der Waals surface area contributed by atoms with Gasteiger partial charge in [0, 0.05) is 25.1 Å². The Hall–Kier alpha value is -3.04. The molecule has 2 aromatic rings. The smallest absolute Gasteiger partial charge is 0.490 e. The number of nitrogens with zero attached hydrogens (tertiary/aromatic N) is 3. The highest BCUT2D eigenvalue weighted by Crippen LogP contribution is 2.41. The average molecular weight is 449 g/mol. The number of aromatic nitrogens is 2. The molecule has 0 saturated carbocycles. The van der Waals surface area contributed by atoms with Crippen LogP contribution in [0.1, 0.15) is 5.89 Å². The summed E-state index contributed by atoms with van der Waals surface area (Å²) in [6, 6.07) is 5.77. The maximum atomic E-state index is 10.6. The molecule has 1 aliphatic heterocycles. The van der Waals surface area contributed by atoms with Crippen LogP contribution in [0.15, 0.2) is 16.7 Å². The number of carboxylic acids is 1. The summed E-state index contributed by atoms with van der Waals surface area (Å²) in [5, 5.41) is 23.8. The summed E-state index contributed by atoms with van der Waals surface area (Å²) in [4.78, 5) is 13.2. The van der Waals surface area contributed by atoms with Gasteiger partial charge in [-0.25, -0.2) is 4.79 Å². The normalized spacial score (nSPS) is 14.6. The van der Waals surface area contributed by atoms with Crippen LogP contribution >= 0.6 is 11.6 Å². The van der Waals surface area contributed by atoms with Crippen LogP contribution in [0, 0.1) is 16.7 Å². The minimum absolute atomic E-state index is 0.347. The first kappa shape index (κ1) is 23.2. The lowest BCUT2D eigenvalue weighted by molar-refractivity contribution is -0.192. The number of aliphatic carboxylic acids is 1. The Kier molecular flexibility index (Phi) is 7.12. The fourth-order valence-electron chi connectivity index (χ4n) is 2.46. The number of rotatable bonds is 5. The zero-order valence-corrected chi connectivity index (χ0v) is 16.5. The van der Waals surface area contributed by atoms with E-state index in [4.69, 9.17) is 35.5 Å². The number of carbonyl (C=O) groups is 1. The van der Waals surface area contributed by atoms with Crippen LogP contribution in [0.25, 0.3) is 11.4 Å². The number of nitrogens with one attached hydrogen (secondary N) is 1. The van der Waals surface area contributed by atoms with Gasteiger partial charge in [-0.1, -0.05) is 16.8 Å². The maximum Gasteiger partial charge on any atom is 0.490 e. The highest BCUT2D eigenvalue weighted by molar-refractivity contribution is 6.35. The monoisotopic (exact) mass is 448 g/mol. The van der Waals surface area contributed by atoms with Crippen molar-refractivity contribution in [2.24, 2.45) is 5.41 Å². The van der Waals surface area contributed by atoms with E-state index < -0.39 is 17.6 Å². The van der Waals surface area contributed by atoms with Gasteiger partial charge in [0.05, 0.1) is 30.7 Å². The van der Waals surface area contributed by atoms with E-state index in [9.17, 15) is 18.4 Å². The number of alkyl halides is 3. The Bertz CT molecular complexity index is 954. The zero-order valence-electron chi connectivity index (χ0n) is 15.7. The number of ether oxygens (including phenoxy) is 2. The molecule has 0 amide bonds. The quantitative estimate of drug-likeness (QED) is 0.708. The number of hydrogen-bond acceptors (Lipinski definition) is 8. The Morgan fingerprint density at radius 3 is 2.47 bits per heavy atom. The molecule has 0 spiro atoms. The molecule has 2 heterocycles. The van der Waals surface area contributed by atoms with E-state index >= 15 is 0 Å². The number of nitriles is 1. The van der Waals surface area contributed by atoms with Crippen molar-refractivity contribution in [3.8, 4) is 29.0 Å². The number of benzene rings is 1. The lowest BCUT2D eigenvalue weighted by Gasteiger charge is -2.34. The van der Waals surface area contributed by atoms with Crippen molar-refractivity contribution in [2.75, 3.05) is 27.3 Å². The molecule has 1 saturated heterocycles. The van der Waals surface area contributed by atoms with Crippen LogP contribution < -0.4 is 14.8 Å². The summed E-state index contributed by atoms with van der Waals surface area (Å²) in [6.45, 7) is 1.25. The topological polar surface area (TPSA) is 130 Å². The van der Waals surface area contributed by atoms with E-state index in [1.54, 1.807) is 12.1 Å². The van der Waals surface area contributed by atoms with Gasteiger partial charge in [-0.3, -0.25) is 0 Å². The number of halogens is 4. The first-order chi connectivity index (χ1) is 14.1. The number of hydrogen-bond donors (Lipinski definition) is 2. The average Bonchev–Trinajstić information content (AvgIpc) is 3.12. The fourth-order valence-corrected chi connectivity index (χ4v) is 2.78. The van der Waals surface area contributed by atoms with E-state index in [-0.39, 0.29) is 0 Å². The summed E-state index contributed by atoms with van der Waals surface area (Å²) in [6.07, 6.45) is -4.67. The third-order valence-electron chi connectivity index (χ3n) is 4.09. The van der Waals surface area contributed by atoms with Crippen molar-refractivity contribution >= 4 is 17.6 Å². The molecule has 1 fully saturated rings. The summed E-state index contributed by atoms with van der Waals surface area (Å²) in [5.74, 6) is -1.06.